The predicted octanol–water partition coefficient (Wildman–Crippen LogP) is -0.559. The molecule has 0 saturated carbocycles. The maximum Gasteiger partial charge on any atom is 0.331 e. The van der Waals surface area contributed by atoms with Gasteiger partial charge in [0.2, 0.25) is 0 Å². The van der Waals surface area contributed by atoms with Gasteiger partial charge < -0.3 is 21.6 Å². The molecule has 0 aliphatic rings. The number of nitrogens with two attached hydrogens (primary N) is 1. The lowest BCUT2D eigenvalue weighted by molar-refractivity contribution is -0.891. The first-order valence-corrected chi connectivity index (χ1v) is 7.19. The fourth-order valence-electron chi connectivity index (χ4n) is 1.93. The Morgan fingerprint density at radius 1 is 1.30 bits per heavy atom. The van der Waals surface area contributed by atoms with Gasteiger partial charge in [0.15, 0.2) is 5.72 Å². The van der Waals surface area contributed by atoms with Crippen LogP contribution < -0.4 is 18.1 Å². The molecule has 120 valence electrons. The number of carbonyl (C=O) groups excluding carboxylic acids is 1. The van der Waals surface area contributed by atoms with Gasteiger partial charge in [-0.2, -0.15) is 0 Å². The second-order valence-electron chi connectivity index (χ2n) is 6.13. The molecule has 5 heteroatoms. The molecule has 1 atom stereocenters. The molecule has 0 spiro atoms. The van der Waals surface area contributed by atoms with E-state index in [1.807, 2.05) is 0 Å². The monoisotopic (exact) mass is 306 g/mol. The van der Waals surface area contributed by atoms with Crippen LogP contribution in [0.3, 0.4) is 0 Å². The van der Waals surface area contributed by atoms with E-state index >= 15 is 0 Å². The van der Waals surface area contributed by atoms with Crippen LogP contribution in [0.4, 0.5) is 0 Å². The summed E-state index contributed by atoms with van der Waals surface area (Å²) in [5.74, 6) is -0.460. The minimum absolute atomic E-state index is 0. The Balaban J connectivity index is 0. The number of unbranched alkanes of at least 4 members (excludes halogenated alkanes) is 3. The van der Waals surface area contributed by atoms with E-state index in [4.69, 9.17) is 10.5 Å². The van der Waals surface area contributed by atoms with E-state index in [2.05, 4.69) is 27.6 Å². The van der Waals surface area contributed by atoms with E-state index in [0.717, 1.165) is 23.6 Å². The first-order valence-electron chi connectivity index (χ1n) is 7.19. The minimum Gasteiger partial charge on any atom is -1.00 e. The highest BCUT2D eigenvalue weighted by atomic mass is 35.5. The number of quaternary nitrogens is 1. The zero-order chi connectivity index (χ0) is 14.9. The van der Waals surface area contributed by atoms with Crippen molar-refractivity contribution in [3.63, 3.8) is 0 Å². The summed E-state index contributed by atoms with van der Waals surface area (Å²) in [5, 5.41) is 0. The van der Waals surface area contributed by atoms with Gasteiger partial charge in [-0.25, -0.2) is 4.79 Å². The Morgan fingerprint density at radius 3 is 2.40 bits per heavy atom. The molecular formula is C15H31ClN2O2. The number of nitrogens with zero attached hydrogens (tertiary/aromatic N) is 1. The van der Waals surface area contributed by atoms with Crippen molar-refractivity contribution in [2.75, 3.05) is 27.2 Å². The number of halogens is 1. The summed E-state index contributed by atoms with van der Waals surface area (Å²) in [4.78, 5) is 11.2. The lowest BCUT2D eigenvalue weighted by Crippen LogP contribution is -3.00. The second-order valence-corrected chi connectivity index (χ2v) is 6.13. The van der Waals surface area contributed by atoms with Crippen molar-refractivity contribution in [3.05, 3.63) is 12.7 Å². The van der Waals surface area contributed by atoms with Crippen molar-refractivity contribution in [2.45, 2.75) is 51.7 Å². The number of hydrogen-bond donors (Lipinski definition) is 1. The Labute approximate surface area is 130 Å². The average Bonchev–Trinajstić information content (AvgIpc) is 2.32. The van der Waals surface area contributed by atoms with Crippen molar-refractivity contribution in [2.24, 2.45) is 5.73 Å². The van der Waals surface area contributed by atoms with Crippen LogP contribution in [0.1, 0.15) is 46.0 Å². The Bertz CT molecular complexity index is 292. The molecule has 0 heterocycles. The topological polar surface area (TPSA) is 52.3 Å². The first-order chi connectivity index (χ1) is 8.72. The Hall–Kier alpha value is -0.580. The van der Waals surface area contributed by atoms with Gasteiger partial charge in [0.05, 0.1) is 33.6 Å². The molecule has 20 heavy (non-hydrogen) atoms. The summed E-state index contributed by atoms with van der Waals surface area (Å²) in [5.41, 5.74) is 5.06. The maximum absolute atomic E-state index is 11.2. The van der Waals surface area contributed by atoms with Gasteiger partial charge in [-0.05, 0) is 19.8 Å². The fraction of sp³-hybridized carbons (Fsp3) is 0.800. The molecule has 0 saturated heterocycles. The number of carbonyl (C=O) groups is 1. The van der Waals surface area contributed by atoms with Crippen LogP contribution in [0, 0.1) is 0 Å². The third kappa shape index (κ3) is 11.3. The third-order valence-corrected chi connectivity index (χ3v) is 3.33. The summed E-state index contributed by atoms with van der Waals surface area (Å²) >= 11 is 0. The molecular weight excluding hydrogens is 276 g/mol. The van der Waals surface area contributed by atoms with Gasteiger partial charge in [-0.3, -0.25) is 5.73 Å². The van der Waals surface area contributed by atoms with Crippen molar-refractivity contribution in [1.29, 1.82) is 0 Å². The first kappa shape index (κ1) is 21.7. The lowest BCUT2D eigenvalue weighted by Gasteiger charge is -2.33. The Kier molecular flexibility index (Phi) is 11.1. The fourth-order valence-corrected chi connectivity index (χ4v) is 1.93. The molecule has 0 aliphatic carbocycles. The highest BCUT2D eigenvalue weighted by Gasteiger charge is 2.26. The smallest absolute Gasteiger partial charge is 0.331 e. The van der Waals surface area contributed by atoms with Crippen molar-refractivity contribution in [3.8, 4) is 0 Å². The standard InChI is InChI=1S/C15H31N2O2.ClH/c1-6-8-9-10-12-17(4,5)13-11-15(3,16)19-14(18)7-2;/h7H,2,6,8-13,16H2,1,3-5H3;1H/q+1;/p-1. The van der Waals surface area contributed by atoms with Gasteiger partial charge in [-0.15, -0.1) is 0 Å². The number of hydrogen-bond acceptors (Lipinski definition) is 3. The van der Waals surface area contributed by atoms with Crippen LogP contribution in [0.2, 0.25) is 0 Å². The maximum atomic E-state index is 11.2. The van der Waals surface area contributed by atoms with Gasteiger partial charge in [0.25, 0.3) is 0 Å². The number of rotatable bonds is 10. The van der Waals surface area contributed by atoms with E-state index in [1.165, 1.54) is 25.7 Å². The van der Waals surface area contributed by atoms with Crippen LogP contribution in [0.15, 0.2) is 12.7 Å². The number of esters is 1. The largest absolute Gasteiger partial charge is 1.00 e. The average molecular weight is 307 g/mol. The normalized spacial score (nSPS) is 14.1. The zero-order valence-electron chi connectivity index (χ0n) is 13.5. The van der Waals surface area contributed by atoms with Crippen molar-refractivity contribution >= 4 is 5.97 Å². The van der Waals surface area contributed by atoms with E-state index in [1.54, 1.807) is 6.92 Å². The van der Waals surface area contributed by atoms with Gasteiger partial charge in [0.1, 0.15) is 0 Å². The molecule has 2 N–H and O–H groups in total. The molecule has 1 unspecified atom stereocenters. The van der Waals surface area contributed by atoms with Gasteiger partial charge in [0, 0.05) is 6.08 Å². The molecule has 0 bridgehead atoms. The highest BCUT2D eigenvalue weighted by molar-refractivity contribution is 5.81. The lowest BCUT2D eigenvalue weighted by atomic mass is 10.1. The molecule has 0 rings (SSSR count). The van der Waals surface area contributed by atoms with Gasteiger partial charge in [-0.1, -0.05) is 26.3 Å². The second kappa shape index (κ2) is 10.2. The van der Waals surface area contributed by atoms with E-state index in [0.29, 0.717) is 6.42 Å². The number of ether oxygens (including phenoxy) is 1. The quantitative estimate of drug-likeness (QED) is 0.194. The minimum atomic E-state index is -0.912. The van der Waals surface area contributed by atoms with E-state index in [-0.39, 0.29) is 12.4 Å². The molecule has 0 aromatic heterocycles. The molecule has 0 amide bonds. The van der Waals surface area contributed by atoms with Crippen molar-refractivity contribution < 1.29 is 26.4 Å². The summed E-state index contributed by atoms with van der Waals surface area (Å²) in [7, 11) is 4.38. The molecule has 4 nitrogen and oxygen atoms in total. The van der Waals surface area contributed by atoms with Crippen LogP contribution in [-0.2, 0) is 9.53 Å². The Morgan fingerprint density at radius 2 is 1.90 bits per heavy atom. The molecule has 0 aromatic carbocycles. The molecule has 0 fully saturated rings. The molecule has 0 aliphatic heterocycles. The third-order valence-electron chi connectivity index (χ3n) is 3.33. The highest BCUT2D eigenvalue weighted by Crippen LogP contribution is 2.13. The van der Waals surface area contributed by atoms with Crippen LogP contribution in [0.5, 0.6) is 0 Å². The summed E-state index contributed by atoms with van der Waals surface area (Å²) in [6.07, 6.45) is 6.86. The molecule has 0 aromatic rings. The van der Waals surface area contributed by atoms with Crippen LogP contribution in [-0.4, -0.2) is 43.4 Å². The van der Waals surface area contributed by atoms with Crippen LogP contribution in [0.25, 0.3) is 0 Å². The van der Waals surface area contributed by atoms with Crippen molar-refractivity contribution in [1.82, 2.24) is 0 Å². The van der Waals surface area contributed by atoms with Gasteiger partial charge >= 0.3 is 5.97 Å². The summed E-state index contributed by atoms with van der Waals surface area (Å²) < 4.78 is 6.04. The van der Waals surface area contributed by atoms with E-state index in [9.17, 15) is 4.79 Å². The van der Waals surface area contributed by atoms with Crippen LogP contribution >= 0.6 is 0 Å². The van der Waals surface area contributed by atoms with E-state index < -0.39 is 11.7 Å². The summed E-state index contributed by atoms with van der Waals surface area (Å²) in [6, 6.07) is 0. The predicted molar refractivity (Wildman–Crippen MR) is 79.5 cm³/mol. The SMILES string of the molecule is C=CC(=O)OC(C)(N)CC[N+](C)(C)CCCCCC.[Cl-]. The summed E-state index contributed by atoms with van der Waals surface area (Å²) in [6.45, 7) is 9.36. The zero-order valence-corrected chi connectivity index (χ0v) is 14.2. The molecule has 0 radical (unpaired) electrons.